The van der Waals surface area contributed by atoms with Crippen LogP contribution in [0.1, 0.15) is 19.4 Å². The zero-order valence-corrected chi connectivity index (χ0v) is 11.3. The molecule has 0 heterocycles. The molecule has 0 spiro atoms. The highest BCUT2D eigenvalue weighted by Crippen LogP contribution is 2.22. The van der Waals surface area contributed by atoms with Crippen LogP contribution in [0.15, 0.2) is 18.2 Å². The zero-order valence-electron chi connectivity index (χ0n) is 10.6. The van der Waals surface area contributed by atoms with E-state index in [9.17, 15) is 4.79 Å². The molecule has 1 aromatic rings. The molecule has 0 aliphatic rings. The predicted molar refractivity (Wildman–Crippen MR) is 69.2 cm³/mol. The Morgan fingerprint density at radius 3 is 2.72 bits per heavy atom. The van der Waals surface area contributed by atoms with Crippen LogP contribution in [0.4, 0.5) is 0 Å². The smallest absolute Gasteiger partial charge is 0.240 e. The largest absolute Gasteiger partial charge is 0.497 e. The third kappa shape index (κ3) is 3.38. The van der Waals surface area contributed by atoms with Crippen molar-refractivity contribution in [2.24, 2.45) is 5.41 Å². The summed E-state index contributed by atoms with van der Waals surface area (Å²) < 4.78 is 5.03. The summed E-state index contributed by atoms with van der Waals surface area (Å²) in [5, 5.41) is 12.0. The lowest BCUT2D eigenvalue weighted by molar-refractivity contribution is -0.126. The summed E-state index contributed by atoms with van der Waals surface area (Å²) >= 11 is 6.04. The van der Waals surface area contributed by atoms with Gasteiger partial charge in [-0.05, 0) is 31.5 Å². The van der Waals surface area contributed by atoms with Crippen LogP contribution in [0.2, 0.25) is 5.02 Å². The second-order valence-corrected chi connectivity index (χ2v) is 4.78. The third-order valence-corrected chi connectivity index (χ3v) is 2.90. The maximum Gasteiger partial charge on any atom is 0.240 e. The standard InChI is InChI=1S/C13H15ClN2O2/c1-13(2,8-15)12(17)16-7-9-4-5-10(18-3)6-11(9)14/h4-6H,7H2,1-3H3,(H,16,17). The van der Waals surface area contributed by atoms with Crippen molar-refractivity contribution in [3.63, 3.8) is 0 Å². The van der Waals surface area contributed by atoms with Gasteiger partial charge in [-0.15, -0.1) is 0 Å². The van der Waals surface area contributed by atoms with E-state index in [1.165, 1.54) is 0 Å². The van der Waals surface area contributed by atoms with E-state index in [1.54, 1.807) is 39.2 Å². The zero-order chi connectivity index (χ0) is 13.8. The summed E-state index contributed by atoms with van der Waals surface area (Å²) in [7, 11) is 1.56. The van der Waals surface area contributed by atoms with Crippen LogP contribution in [-0.2, 0) is 11.3 Å². The van der Waals surface area contributed by atoms with Crippen molar-refractivity contribution >= 4 is 17.5 Å². The van der Waals surface area contributed by atoms with E-state index in [-0.39, 0.29) is 12.5 Å². The molecular weight excluding hydrogens is 252 g/mol. The number of ether oxygens (including phenoxy) is 1. The van der Waals surface area contributed by atoms with E-state index in [0.29, 0.717) is 10.8 Å². The van der Waals surface area contributed by atoms with Crippen molar-refractivity contribution in [1.82, 2.24) is 5.32 Å². The van der Waals surface area contributed by atoms with Crippen LogP contribution in [0.5, 0.6) is 5.75 Å². The van der Waals surface area contributed by atoms with Gasteiger partial charge in [-0.3, -0.25) is 4.79 Å². The van der Waals surface area contributed by atoms with Gasteiger partial charge in [0, 0.05) is 11.6 Å². The minimum atomic E-state index is -1.04. The van der Waals surface area contributed by atoms with Crippen molar-refractivity contribution in [1.29, 1.82) is 5.26 Å². The topological polar surface area (TPSA) is 62.1 Å². The third-order valence-electron chi connectivity index (χ3n) is 2.55. The van der Waals surface area contributed by atoms with Gasteiger partial charge < -0.3 is 10.1 Å². The number of hydrogen-bond acceptors (Lipinski definition) is 3. The lowest BCUT2D eigenvalue weighted by Gasteiger charge is -2.15. The maximum absolute atomic E-state index is 11.7. The first kappa shape index (κ1) is 14.3. The molecule has 0 fully saturated rings. The molecule has 0 radical (unpaired) electrons. The number of halogens is 1. The van der Waals surface area contributed by atoms with E-state index in [1.807, 2.05) is 6.07 Å². The molecule has 0 atom stereocenters. The number of rotatable bonds is 4. The van der Waals surface area contributed by atoms with E-state index in [0.717, 1.165) is 5.56 Å². The number of nitrogens with zero attached hydrogens (tertiary/aromatic N) is 1. The van der Waals surface area contributed by atoms with E-state index >= 15 is 0 Å². The second kappa shape index (κ2) is 5.74. The SMILES string of the molecule is COc1ccc(CNC(=O)C(C)(C)C#N)c(Cl)c1. The van der Waals surface area contributed by atoms with Gasteiger partial charge in [-0.25, -0.2) is 0 Å². The summed E-state index contributed by atoms with van der Waals surface area (Å²) in [6.45, 7) is 3.42. The van der Waals surface area contributed by atoms with Crippen molar-refractivity contribution in [3.05, 3.63) is 28.8 Å². The molecule has 1 rings (SSSR count). The summed E-state index contributed by atoms with van der Waals surface area (Å²) in [4.78, 5) is 11.7. The molecule has 1 N–H and O–H groups in total. The average Bonchev–Trinajstić information content (AvgIpc) is 2.36. The van der Waals surface area contributed by atoms with Crippen molar-refractivity contribution in [2.75, 3.05) is 7.11 Å². The molecule has 1 aromatic carbocycles. The lowest BCUT2D eigenvalue weighted by Crippen LogP contribution is -2.35. The molecule has 96 valence electrons. The van der Waals surface area contributed by atoms with Crippen LogP contribution >= 0.6 is 11.6 Å². The van der Waals surface area contributed by atoms with Gasteiger partial charge in [0.1, 0.15) is 11.2 Å². The van der Waals surface area contributed by atoms with Crippen LogP contribution < -0.4 is 10.1 Å². The molecule has 1 amide bonds. The van der Waals surface area contributed by atoms with Gasteiger partial charge in [0.25, 0.3) is 0 Å². The number of amides is 1. The molecule has 0 saturated heterocycles. The van der Waals surface area contributed by atoms with E-state index in [4.69, 9.17) is 21.6 Å². The molecule has 5 heteroatoms. The molecule has 0 unspecified atom stereocenters. The fourth-order valence-corrected chi connectivity index (χ4v) is 1.48. The molecule has 4 nitrogen and oxygen atoms in total. The Morgan fingerprint density at radius 1 is 1.56 bits per heavy atom. The van der Waals surface area contributed by atoms with Gasteiger partial charge in [0.2, 0.25) is 5.91 Å². The molecule has 18 heavy (non-hydrogen) atoms. The van der Waals surface area contributed by atoms with Crippen LogP contribution in [0, 0.1) is 16.7 Å². The number of carbonyl (C=O) groups is 1. The summed E-state index contributed by atoms with van der Waals surface area (Å²) in [5.74, 6) is 0.337. The average molecular weight is 267 g/mol. The Labute approximate surface area is 112 Å². The van der Waals surface area contributed by atoms with Crippen LogP contribution in [0.25, 0.3) is 0 Å². The Kier molecular flexibility index (Phi) is 4.57. The second-order valence-electron chi connectivity index (χ2n) is 4.38. The first-order chi connectivity index (χ1) is 8.40. The quantitative estimate of drug-likeness (QED) is 0.911. The minimum absolute atomic E-state index is 0.284. The Hall–Kier alpha value is -1.73. The molecule has 0 aliphatic carbocycles. The van der Waals surface area contributed by atoms with Crippen molar-refractivity contribution in [2.45, 2.75) is 20.4 Å². The lowest BCUT2D eigenvalue weighted by atomic mass is 9.95. The fourth-order valence-electron chi connectivity index (χ4n) is 1.25. The van der Waals surface area contributed by atoms with E-state index in [2.05, 4.69) is 5.32 Å². The first-order valence-corrected chi connectivity index (χ1v) is 5.80. The van der Waals surface area contributed by atoms with Gasteiger partial charge in [-0.1, -0.05) is 17.7 Å². The number of benzene rings is 1. The predicted octanol–water partition coefficient (Wildman–Crippen LogP) is 2.51. The number of methoxy groups -OCH3 is 1. The highest BCUT2D eigenvalue weighted by atomic mass is 35.5. The highest BCUT2D eigenvalue weighted by molar-refractivity contribution is 6.31. The van der Waals surface area contributed by atoms with Crippen LogP contribution in [-0.4, -0.2) is 13.0 Å². The van der Waals surface area contributed by atoms with Crippen molar-refractivity contribution < 1.29 is 9.53 Å². The highest BCUT2D eigenvalue weighted by Gasteiger charge is 2.26. The maximum atomic E-state index is 11.7. The van der Waals surface area contributed by atoms with Crippen LogP contribution in [0.3, 0.4) is 0 Å². The monoisotopic (exact) mass is 266 g/mol. The minimum Gasteiger partial charge on any atom is -0.497 e. The van der Waals surface area contributed by atoms with Gasteiger partial charge >= 0.3 is 0 Å². The molecule has 0 saturated carbocycles. The Balaban J connectivity index is 2.71. The summed E-state index contributed by atoms with van der Waals surface area (Å²) in [5.41, 5.74) is -0.265. The normalized spacial score (nSPS) is 10.6. The van der Waals surface area contributed by atoms with Gasteiger partial charge in [-0.2, -0.15) is 5.26 Å². The number of carbonyl (C=O) groups excluding carboxylic acids is 1. The number of nitrogens with one attached hydrogen (secondary N) is 1. The first-order valence-electron chi connectivity index (χ1n) is 5.42. The summed E-state index contributed by atoms with van der Waals surface area (Å²) in [6, 6.07) is 7.17. The molecule has 0 aliphatic heterocycles. The van der Waals surface area contributed by atoms with Gasteiger partial charge in [0.15, 0.2) is 0 Å². The number of hydrogen-bond donors (Lipinski definition) is 1. The molecule has 0 aromatic heterocycles. The Morgan fingerprint density at radius 2 is 2.22 bits per heavy atom. The molecule has 0 bridgehead atoms. The number of nitriles is 1. The van der Waals surface area contributed by atoms with E-state index < -0.39 is 5.41 Å². The Bertz CT molecular complexity index is 492. The van der Waals surface area contributed by atoms with Gasteiger partial charge in [0.05, 0.1) is 13.2 Å². The summed E-state index contributed by atoms with van der Waals surface area (Å²) in [6.07, 6.45) is 0. The fraction of sp³-hybridized carbons (Fsp3) is 0.385. The van der Waals surface area contributed by atoms with Crippen molar-refractivity contribution in [3.8, 4) is 11.8 Å². The molecular formula is C13H15ClN2O2.